The van der Waals surface area contributed by atoms with Crippen molar-refractivity contribution in [3.05, 3.63) is 0 Å². The number of amides is 1. The van der Waals surface area contributed by atoms with Crippen LogP contribution in [0.3, 0.4) is 0 Å². The molecule has 2 saturated heterocycles. The topological polar surface area (TPSA) is 52.6 Å². The number of nitrogens with one attached hydrogen (secondary N) is 1. The van der Waals surface area contributed by atoms with Crippen molar-refractivity contribution >= 4 is 5.91 Å². The standard InChI is InChI=1S/C15H26N2O2/c18-13-10-14(4-2-1-3-5-14)11-17(13)12-15(19)6-8-16-9-7-15/h16,19H,1-12H2. The molecule has 0 unspecified atom stereocenters. The van der Waals surface area contributed by atoms with Crippen molar-refractivity contribution in [1.82, 2.24) is 10.2 Å². The van der Waals surface area contributed by atoms with E-state index in [1.165, 1.54) is 32.1 Å². The number of likely N-dealkylation sites (tertiary alicyclic amines) is 1. The fraction of sp³-hybridized carbons (Fsp3) is 0.933. The van der Waals surface area contributed by atoms with Crippen LogP contribution >= 0.6 is 0 Å². The molecule has 1 aliphatic carbocycles. The van der Waals surface area contributed by atoms with Crippen molar-refractivity contribution in [1.29, 1.82) is 0 Å². The van der Waals surface area contributed by atoms with Gasteiger partial charge in [0.2, 0.25) is 5.91 Å². The SMILES string of the molecule is O=C1CC2(CCCCC2)CN1CC1(O)CCNCC1. The Morgan fingerprint density at radius 1 is 1.11 bits per heavy atom. The van der Waals surface area contributed by atoms with Gasteiger partial charge in [0.25, 0.3) is 0 Å². The normalized spacial score (nSPS) is 29.9. The van der Waals surface area contributed by atoms with Crippen molar-refractivity contribution in [3.63, 3.8) is 0 Å². The Morgan fingerprint density at radius 2 is 1.79 bits per heavy atom. The lowest BCUT2D eigenvalue weighted by Gasteiger charge is -2.37. The monoisotopic (exact) mass is 266 g/mol. The lowest BCUT2D eigenvalue weighted by atomic mass is 9.73. The second-order valence-corrected chi connectivity index (χ2v) is 6.96. The van der Waals surface area contributed by atoms with Gasteiger partial charge in [-0.1, -0.05) is 19.3 Å². The van der Waals surface area contributed by atoms with E-state index in [2.05, 4.69) is 5.32 Å². The highest BCUT2D eigenvalue weighted by molar-refractivity contribution is 5.79. The first-order valence-corrected chi connectivity index (χ1v) is 7.82. The largest absolute Gasteiger partial charge is 0.388 e. The van der Waals surface area contributed by atoms with Crippen LogP contribution in [0, 0.1) is 5.41 Å². The summed E-state index contributed by atoms with van der Waals surface area (Å²) in [6.07, 6.45) is 8.54. The van der Waals surface area contributed by atoms with Crippen LogP contribution in [0.15, 0.2) is 0 Å². The van der Waals surface area contributed by atoms with E-state index >= 15 is 0 Å². The van der Waals surface area contributed by atoms with Crippen LogP contribution in [-0.4, -0.2) is 47.7 Å². The van der Waals surface area contributed by atoms with Crippen LogP contribution in [0.5, 0.6) is 0 Å². The van der Waals surface area contributed by atoms with Gasteiger partial charge in [0, 0.05) is 19.5 Å². The molecule has 0 aromatic carbocycles. The van der Waals surface area contributed by atoms with Gasteiger partial charge in [-0.3, -0.25) is 4.79 Å². The minimum atomic E-state index is -0.652. The summed E-state index contributed by atoms with van der Waals surface area (Å²) < 4.78 is 0. The summed E-state index contributed by atoms with van der Waals surface area (Å²) >= 11 is 0. The average Bonchev–Trinajstić information content (AvgIpc) is 2.66. The minimum absolute atomic E-state index is 0.249. The maximum Gasteiger partial charge on any atom is 0.223 e. The first-order valence-electron chi connectivity index (χ1n) is 7.82. The number of aliphatic hydroxyl groups is 1. The molecule has 0 aromatic heterocycles. The molecule has 1 saturated carbocycles. The van der Waals surface area contributed by atoms with Crippen LogP contribution in [0.4, 0.5) is 0 Å². The molecule has 108 valence electrons. The highest BCUT2D eigenvalue weighted by Crippen LogP contribution is 2.44. The molecule has 3 aliphatic rings. The van der Waals surface area contributed by atoms with Gasteiger partial charge in [0.05, 0.1) is 5.60 Å². The molecule has 19 heavy (non-hydrogen) atoms. The van der Waals surface area contributed by atoms with E-state index in [0.717, 1.165) is 38.9 Å². The van der Waals surface area contributed by atoms with Crippen molar-refractivity contribution in [2.24, 2.45) is 5.41 Å². The number of nitrogens with zero attached hydrogens (tertiary/aromatic N) is 1. The van der Waals surface area contributed by atoms with Crippen LogP contribution in [0.2, 0.25) is 0 Å². The molecule has 2 N–H and O–H groups in total. The van der Waals surface area contributed by atoms with Crippen molar-refractivity contribution in [2.45, 2.75) is 57.0 Å². The molecule has 4 nitrogen and oxygen atoms in total. The summed E-state index contributed by atoms with van der Waals surface area (Å²) in [4.78, 5) is 14.2. The van der Waals surface area contributed by atoms with E-state index < -0.39 is 5.60 Å². The fourth-order valence-corrected chi connectivity index (χ4v) is 4.17. The van der Waals surface area contributed by atoms with Crippen LogP contribution in [-0.2, 0) is 4.79 Å². The number of hydrogen-bond donors (Lipinski definition) is 2. The van der Waals surface area contributed by atoms with Gasteiger partial charge >= 0.3 is 0 Å². The van der Waals surface area contributed by atoms with Crippen molar-refractivity contribution in [2.75, 3.05) is 26.2 Å². The molecule has 2 aliphatic heterocycles. The van der Waals surface area contributed by atoms with Gasteiger partial charge in [-0.25, -0.2) is 0 Å². The van der Waals surface area contributed by atoms with Gasteiger partial charge in [-0.05, 0) is 44.2 Å². The first-order chi connectivity index (χ1) is 9.11. The maximum atomic E-state index is 12.3. The Balaban J connectivity index is 1.63. The van der Waals surface area contributed by atoms with Crippen molar-refractivity contribution in [3.8, 4) is 0 Å². The minimum Gasteiger partial charge on any atom is -0.388 e. The summed E-state index contributed by atoms with van der Waals surface area (Å²) in [5.41, 5.74) is -0.403. The van der Waals surface area contributed by atoms with E-state index in [9.17, 15) is 9.90 Å². The Labute approximate surface area is 115 Å². The molecule has 0 atom stereocenters. The van der Waals surface area contributed by atoms with E-state index in [4.69, 9.17) is 0 Å². The predicted octanol–water partition coefficient (Wildman–Crippen LogP) is 1.28. The molecule has 3 fully saturated rings. The summed E-state index contributed by atoms with van der Waals surface area (Å²) in [7, 11) is 0. The molecule has 4 heteroatoms. The smallest absolute Gasteiger partial charge is 0.223 e. The number of piperidine rings is 1. The van der Waals surface area contributed by atoms with Gasteiger partial charge in [0.1, 0.15) is 0 Å². The number of carbonyl (C=O) groups excluding carboxylic acids is 1. The molecule has 0 bridgehead atoms. The number of carbonyl (C=O) groups is 1. The molecule has 1 spiro atoms. The molecule has 0 aromatic rings. The predicted molar refractivity (Wildman–Crippen MR) is 73.8 cm³/mol. The molecule has 2 heterocycles. The lowest BCUT2D eigenvalue weighted by Crippen LogP contribution is -2.50. The number of β-amino-alcohol motifs (C(OH)–C–C–N with tert-alkyl or cyclic N) is 1. The quantitative estimate of drug-likeness (QED) is 0.792. The average molecular weight is 266 g/mol. The lowest BCUT2D eigenvalue weighted by molar-refractivity contribution is -0.131. The van der Waals surface area contributed by atoms with Gasteiger partial charge in [-0.2, -0.15) is 0 Å². The zero-order valence-electron chi connectivity index (χ0n) is 11.8. The Hall–Kier alpha value is -0.610. The highest BCUT2D eigenvalue weighted by Gasteiger charge is 2.45. The van der Waals surface area contributed by atoms with Gasteiger partial charge < -0.3 is 15.3 Å². The molecule has 3 rings (SSSR count). The third kappa shape index (κ3) is 2.79. The number of hydrogen-bond acceptors (Lipinski definition) is 3. The first kappa shape index (κ1) is 13.4. The van der Waals surface area contributed by atoms with Gasteiger partial charge in [-0.15, -0.1) is 0 Å². The highest BCUT2D eigenvalue weighted by atomic mass is 16.3. The Kier molecular flexibility index (Phi) is 3.56. The summed E-state index contributed by atoms with van der Waals surface area (Å²) in [5.74, 6) is 0.272. The summed E-state index contributed by atoms with van der Waals surface area (Å²) in [5, 5.41) is 13.9. The van der Waals surface area contributed by atoms with Crippen LogP contribution in [0.25, 0.3) is 0 Å². The molecule has 0 radical (unpaired) electrons. The Bertz CT molecular complexity index is 344. The third-order valence-electron chi connectivity index (χ3n) is 5.34. The zero-order chi connectivity index (χ0) is 13.3. The van der Waals surface area contributed by atoms with Crippen molar-refractivity contribution < 1.29 is 9.90 Å². The summed E-state index contributed by atoms with van der Waals surface area (Å²) in [6, 6.07) is 0. The maximum absolute atomic E-state index is 12.3. The second kappa shape index (κ2) is 5.06. The van der Waals surface area contributed by atoms with E-state index in [-0.39, 0.29) is 11.3 Å². The van der Waals surface area contributed by atoms with E-state index in [1.807, 2.05) is 4.90 Å². The van der Waals surface area contributed by atoms with Crippen LogP contribution in [0.1, 0.15) is 51.4 Å². The number of rotatable bonds is 2. The molecule has 1 amide bonds. The van der Waals surface area contributed by atoms with E-state index in [1.54, 1.807) is 0 Å². The molecular weight excluding hydrogens is 240 g/mol. The molecular formula is C15H26N2O2. The third-order valence-corrected chi connectivity index (χ3v) is 5.34. The van der Waals surface area contributed by atoms with Gasteiger partial charge in [0.15, 0.2) is 0 Å². The second-order valence-electron chi connectivity index (χ2n) is 6.96. The zero-order valence-corrected chi connectivity index (χ0v) is 11.8. The fourth-order valence-electron chi connectivity index (χ4n) is 4.17. The van der Waals surface area contributed by atoms with E-state index in [0.29, 0.717) is 6.54 Å². The Morgan fingerprint density at radius 3 is 2.47 bits per heavy atom. The van der Waals surface area contributed by atoms with Crippen LogP contribution < -0.4 is 5.32 Å². The summed E-state index contributed by atoms with van der Waals surface area (Å²) in [6.45, 7) is 3.17.